The first kappa shape index (κ1) is 22.7. The minimum Gasteiger partial charge on any atom is -0.458 e. The Morgan fingerprint density at radius 1 is 1.11 bits per heavy atom. The standard InChI is InChI=1S/C27H18FN5O3S/c1-14(33-27-22(26(29)30-13-31-27)23(32-33)16-10-18(11-34)37-12-16)25-21(15-5-4-6-17(28)9-15)24(35)19-7-2-3-8-20(19)36-25/h2-14H,1H3,(H2,29,30,31). The van der Waals surface area contributed by atoms with Gasteiger partial charge in [0.1, 0.15) is 41.0 Å². The fraction of sp³-hybridized carbons (Fsp3) is 0.0741. The van der Waals surface area contributed by atoms with Gasteiger partial charge in [-0.3, -0.25) is 9.59 Å². The monoisotopic (exact) mass is 511 g/mol. The van der Waals surface area contributed by atoms with E-state index >= 15 is 0 Å². The molecule has 10 heteroatoms. The maximum atomic E-state index is 14.2. The summed E-state index contributed by atoms with van der Waals surface area (Å²) in [5.41, 5.74) is 8.59. The summed E-state index contributed by atoms with van der Waals surface area (Å²) < 4.78 is 22.1. The predicted molar refractivity (Wildman–Crippen MR) is 140 cm³/mol. The van der Waals surface area contributed by atoms with Gasteiger partial charge in [-0.25, -0.2) is 19.0 Å². The van der Waals surface area contributed by atoms with Crippen molar-refractivity contribution >= 4 is 45.4 Å². The van der Waals surface area contributed by atoms with Gasteiger partial charge < -0.3 is 10.2 Å². The number of rotatable bonds is 5. The second kappa shape index (κ2) is 8.75. The number of hydrogen-bond acceptors (Lipinski definition) is 8. The van der Waals surface area contributed by atoms with Crippen LogP contribution in [0, 0.1) is 5.82 Å². The molecule has 0 saturated heterocycles. The predicted octanol–water partition coefficient (Wildman–Crippen LogP) is 5.47. The largest absolute Gasteiger partial charge is 0.458 e. The quantitative estimate of drug-likeness (QED) is 0.305. The number of fused-ring (bicyclic) bond motifs is 2. The summed E-state index contributed by atoms with van der Waals surface area (Å²) in [7, 11) is 0. The SMILES string of the molecule is CC(c1oc2ccccc2c(=O)c1-c1cccc(F)c1)n1nc(-c2csc(C=O)c2)c2c(N)ncnc21. The van der Waals surface area contributed by atoms with Crippen LogP contribution in [-0.2, 0) is 0 Å². The molecule has 182 valence electrons. The summed E-state index contributed by atoms with van der Waals surface area (Å²) in [6, 6.07) is 13.8. The number of nitrogen functional groups attached to an aromatic ring is 1. The van der Waals surface area contributed by atoms with Gasteiger partial charge in [-0.15, -0.1) is 11.3 Å². The second-order valence-electron chi connectivity index (χ2n) is 8.46. The molecule has 0 radical (unpaired) electrons. The molecule has 0 aliphatic carbocycles. The van der Waals surface area contributed by atoms with Crippen molar-refractivity contribution in [1.29, 1.82) is 0 Å². The molecule has 0 saturated carbocycles. The highest BCUT2D eigenvalue weighted by molar-refractivity contribution is 7.12. The molecular formula is C27H18FN5O3S. The molecule has 1 unspecified atom stereocenters. The third-order valence-electron chi connectivity index (χ3n) is 6.21. The second-order valence-corrected chi connectivity index (χ2v) is 9.40. The number of anilines is 1. The molecule has 0 bridgehead atoms. The topological polar surface area (TPSA) is 117 Å². The molecule has 6 aromatic rings. The Balaban J connectivity index is 1.64. The van der Waals surface area contributed by atoms with Gasteiger partial charge in [-0.2, -0.15) is 5.10 Å². The summed E-state index contributed by atoms with van der Waals surface area (Å²) in [6.07, 6.45) is 2.10. The van der Waals surface area contributed by atoms with Crippen LogP contribution >= 0.6 is 11.3 Å². The van der Waals surface area contributed by atoms with Gasteiger partial charge in [0.15, 0.2) is 11.9 Å². The van der Waals surface area contributed by atoms with Crippen molar-refractivity contribution in [3.8, 4) is 22.4 Å². The average Bonchev–Trinajstić information content (AvgIpc) is 3.54. The van der Waals surface area contributed by atoms with E-state index < -0.39 is 11.9 Å². The van der Waals surface area contributed by atoms with Crippen LogP contribution in [0.25, 0.3) is 44.4 Å². The Morgan fingerprint density at radius 2 is 1.95 bits per heavy atom. The Bertz CT molecular complexity index is 1890. The number of halogens is 1. The Morgan fingerprint density at radius 3 is 2.73 bits per heavy atom. The van der Waals surface area contributed by atoms with Gasteiger partial charge in [0.05, 0.1) is 21.2 Å². The van der Waals surface area contributed by atoms with E-state index in [1.807, 2.05) is 6.92 Å². The number of thiophene rings is 1. The van der Waals surface area contributed by atoms with E-state index in [0.29, 0.717) is 49.5 Å². The van der Waals surface area contributed by atoms with Crippen molar-refractivity contribution in [3.63, 3.8) is 0 Å². The lowest BCUT2D eigenvalue weighted by Crippen LogP contribution is -2.16. The third-order valence-corrected chi connectivity index (χ3v) is 7.07. The van der Waals surface area contributed by atoms with E-state index in [1.165, 1.54) is 29.8 Å². The lowest BCUT2D eigenvalue weighted by molar-refractivity contribution is 0.112. The zero-order chi connectivity index (χ0) is 25.7. The molecule has 1 atom stereocenters. The molecule has 0 spiro atoms. The minimum absolute atomic E-state index is 0.225. The molecular weight excluding hydrogens is 493 g/mol. The molecule has 4 aromatic heterocycles. The van der Waals surface area contributed by atoms with Gasteiger partial charge in [-0.1, -0.05) is 24.3 Å². The van der Waals surface area contributed by atoms with E-state index in [4.69, 9.17) is 15.2 Å². The zero-order valence-corrected chi connectivity index (χ0v) is 20.2. The molecule has 0 fully saturated rings. The number of nitrogens with zero attached hydrogens (tertiary/aromatic N) is 4. The molecule has 0 amide bonds. The van der Waals surface area contributed by atoms with Gasteiger partial charge >= 0.3 is 0 Å². The van der Waals surface area contributed by atoms with Crippen molar-refractivity contribution in [2.75, 3.05) is 5.73 Å². The van der Waals surface area contributed by atoms with Crippen LogP contribution in [0.15, 0.2) is 75.5 Å². The fourth-order valence-corrected chi connectivity index (χ4v) is 5.18. The van der Waals surface area contributed by atoms with Gasteiger partial charge in [0.2, 0.25) is 5.43 Å². The van der Waals surface area contributed by atoms with Gasteiger partial charge in [0.25, 0.3) is 0 Å². The highest BCUT2D eigenvalue weighted by Gasteiger charge is 2.27. The number of para-hydroxylation sites is 1. The Hall–Kier alpha value is -4.70. The molecule has 0 aliphatic rings. The lowest BCUT2D eigenvalue weighted by atomic mass is 9.99. The highest BCUT2D eigenvalue weighted by Crippen LogP contribution is 2.37. The summed E-state index contributed by atoms with van der Waals surface area (Å²) in [6.45, 7) is 1.81. The Kier molecular flexibility index (Phi) is 5.38. The number of nitrogens with two attached hydrogens (primary N) is 1. The van der Waals surface area contributed by atoms with Gasteiger partial charge in [0, 0.05) is 10.9 Å². The molecule has 2 aromatic carbocycles. The van der Waals surface area contributed by atoms with E-state index in [1.54, 1.807) is 52.5 Å². The molecule has 2 N–H and O–H groups in total. The van der Waals surface area contributed by atoms with Gasteiger partial charge in [-0.05, 0) is 42.8 Å². The summed E-state index contributed by atoms with van der Waals surface area (Å²) in [4.78, 5) is 34.1. The third kappa shape index (κ3) is 3.69. The molecule has 37 heavy (non-hydrogen) atoms. The number of hydrogen-bond donors (Lipinski definition) is 1. The maximum absolute atomic E-state index is 14.2. The first-order valence-electron chi connectivity index (χ1n) is 11.3. The zero-order valence-electron chi connectivity index (χ0n) is 19.4. The number of aromatic nitrogens is 4. The number of aldehydes is 1. The van der Waals surface area contributed by atoms with Crippen LogP contribution in [0.1, 0.15) is 28.4 Å². The normalized spacial score (nSPS) is 12.3. The highest BCUT2D eigenvalue weighted by atomic mass is 32.1. The van der Waals surface area contributed by atoms with Crippen molar-refractivity contribution in [2.24, 2.45) is 0 Å². The first-order chi connectivity index (χ1) is 18.0. The number of benzene rings is 2. The minimum atomic E-state index is -0.648. The first-order valence-corrected chi connectivity index (χ1v) is 12.2. The lowest BCUT2D eigenvalue weighted by Gasteiger charge is -2.17. The molecule has 6 rings (SSSR count). The van der Waals surface area contributed by atoms with E-state index in [0.717, 1.165) is 6.29 Å². The van der Waals surface area contributed by atoms with Crippen LogP contribution in [0.3, 0.4) is 0 Å². The summed E-state index contributed by atoms with van der Waals surface area (Å²) in [5.74, 6) is 0.0448. The molecule has 0 aliphatic heterocycles. The number of carbonyl (C=O) groups is 1. The van der Waals surface area contributed by atoms with E-state index in [-0.39, 0.29) is 16.8 Å². The van der Waals surface area contributed by atoms with Crippen LogP contribution in [-0.4, -0.2) is 26.0 Å². The van der Waals surface area contributed by atoms with Crippen LogP contribution in [0.5, 0.6) is 0 Å². The van der Waals surface area contributed by atoms with Crippen molar-refractivity contribution < 1.29 is 13.6 Å². The van der Waals surface area contributed by atoms with E-state index in [9.17, 15) is 14.0 Å². The van der Waals surface area contributed by atoms with Crippen LogP contribution in [0.2, 0.25) is 0 Å². The maximum Gasteiger partial charge on any atom is 0.200 e. The van der Waals surface area contributed by atoms with Crippen LogP contribution in [0.4, 0.5) is 10.2 Å². The van der Waals surface area contributed by atoms with Crippen LogP contribution < -0.4 is 11.2 Å². The van der Waals surface area contributed by atoms with E-state index in [2.05, 4.69) is 9.97 Å². The molecule has 8 nitrogen and oxygen atoms in total. The summed E-state index contributed by atoms with van der Waals surface area (Å²) >= 11 is 1.28. The average molecular weight is 512 g/mol. The summed E-state index contributed by atoms with van der Waals surface area (Å²) in [5, 5.41) is 7.50. The molecule has 4 heterocycles. The Labute approximate surface area is 212 Å². The number of carbonyl (C=O) groups excluding carboxylic acids is 1. The van der Waals surface area contributed by atoms with Crippen molar-refractivity contribution in [1.82, 2.24) is 19.7 Å². The smallest absolute Gasteiger partial charge is 0.200 e. The van der Waals surface area contributed by atoms with Crippen molar-refractivity contribution in [3.05, 3.63) is 93.0 Å². The fourth-order valence-electron chi connectivity index (χ4n) is 4.49. The van der Waals surface area contributed by atoms with Crippen molar-refractivity contribution in [2.45, 2.75) is 13.0 Å².